The highest BCUT2D eigenvalue weighted by Crippen LogP contribution is 2.40. The summed E-state index contributed by atoms with van der Waals surface area (Å²) in [5, 5.41) is 8.05. The van der Waals surface area contributed by atoms with E-state index in [1.165, 1.54) is 12.8 Å². The Balaban J connectivity index is 1.43. The van der Waals surface area contributed by atoms with Gasteiger partial charge in [0.05, 0.1) is 5.25 Å². The lowest BCUT2D eigenvalue weighted by atomic mass is 9.95. The van der Waals surface area contributed by atoms with Crippen LogP contribution in [0.15, 0.2) is 6.33 Å². The van der Waals surface area contributed by atoms with Gasteiger partial charge < -0.3 is 9.47 Å². The van der Waals surface area contributed by atoms with E-state index in [0.29, 0.717) is 37.9 Å². The summed E-state index contributed by atoms with van der Waals surface area (Å²) in [6.45, 7) is 4.31. The lowest BCUT2D eigenvalue weighted by Gasteiger charge is -2.36. The van der Waals surface area contributed by atoms with Gasteiger partial charge in [-0.25, -0.2) is 8.42 Å². The fourth-order valence-electron chi connectivity index (χ4n) is 3.82. The number of hydrogen-bond acceptors (Lipinski definition) is 5. The first kappa shape index (κ1) is 17.0. The SMILES string of the molecule is CC(C)(C(=O)N1CCC(c2nncn2C2CC2)CC1)S(=O)(=O)C1CC1. The van der Waals surface area contributed by atoms with Crippen molar-refractivity contribution in [1.82, 2.24) is 19.7 Å². The molecular weight excluding hydrogens is 340 g/mol. The Morgan fingerprint density at radius 3 is 2.32 bits per heavy atom. The highest BCUT2D eigenvalue weighted by Gasteiger charge is 2.52. The van der Waals surface area contributed by atoms with Gasteiger partial charge in [0, 0.05) is 25.0 Å². The molecule has 0 radical (unpaired) electrons. The molecule has 1 aromatic rings. The van der Waals surface area contributed by atoms with E-state index in [0.717, 1.165) is 18.7 Å². The zero-order valence-electron chi connectivity index (χ0n) is 14.9. The van der Waals surface area contributed by atoms with Crippen molar-refractivity contribution in [2.75, 3.05) is 13.1 Å². The fourth-order valence-corrected chi connectivity index (χ4v) is 5.78. The van der Waals surface area contributed by atoms with Crippen molar-refractivity contribution in [3.63, 3.8) is 0 Å². The molecule has 1 amide bonds. The summed E-state index contributed by atoms with van der Waals surface area (Å²) in [5.74, 6) is 1.08. The third-order valence-corrected chi connectivity index (χ3v) is 8.82. The Morgan fingerprint density at radius 1 is 1.12 bits per heavy atom. The first-order valence-electron chi connectivity index (χ1n) is 9.24. The van der Waals surface area contributed by atoms with Crippen LogP contribution in [0.2, 0.25) is 0 Å². The first-order valence-corrected chi connectivity index (χ1v) is 10.8. The van der Waals surface area contributed by atoms with Crippen LogP contribution >= 0.6 is 0 Å². The van der Waals surface area contributed by atoms with Crippen LogP contribution in [0.3, 0.4) is 0 Å². The Bertz CT molecular complexity index is 770. The summed E-state index contributed by atoms with van der Waals surface area (Å²) in [6.07, 6.45) is 7.21. The monoisotopic (exact) mass is 366 g/mol. The van der Waals surface area contributed by atoms with Crippen molar-refractivity contribution < 1.29 is 13.2 Å². The van der Waals surface area contributed by atoms with Crippen molar-refractivity contribution in [1.29, 1.82) is 0 Å². The van der Waals surface area contributed by atoms with Crippen LogP contribution in [0.1, 0.15) is 70.2 Å². The minimum atomic E-state index is -3.40. The van der Waals surface area contributed by atoms with Gasteiger partial charge in [-0.2, -0.15) is 0 Å². The van der Waals surface area contributed by atoms with Crippen molar-refractivity contribution in [3.05, 3.63) is 12.2 Å². The van der Waals surface area contributed by atoms with Gasteiger partial charge in [0.2, 0.25) is 5.91 Å². The molecule has 0 unspecified atom stereocenters. The lowest BCUT2D eigenvalue weighted by Crippen LogP contribution is -2.53. The van der Waals surface area contributed by atoms with Gasteiger partial charge in [0.15, 0.2) is 9.84 Å². The van der Waals surface area contributed by atoms with Crippen molar-refractivity contribution in [2.24, 2.45) is 0 Å². The Kier molecular flexibility index (Phi) is 3.94. The molecule has 4 rings (SSSR count). The molecule has 138 valence electrons. The van der Waals surface area contributed by atoms with E-state index >= 15 is 0 Å². The number of amides is 1. The van der Waals surface area contributed by atoms with Crippen LogP contribution in [-0.4, -0.2) is 57.1 Å². The molecule has 1 saturated heterocycles. The van der Waals surface area contributed by atoms with Crippen LogP contribution in [0, 0.1) is 0 Å². The number of sulfone groups is 1. The maximum Gasteiger partial charge on any atom is 0.243 e. The number of carbonyl (C=O) groups excluding carboxylic acids is 1. The normalized spacial score (nSPS) is 23.0. The van der Waals surface area contributed by atoms with Crippen LogP contribution < -0.4 is 0 Å². The van der Waals surface area contributed by atoms with Crippen LogP contribution in [0.5, 0.6) is 0 Å². The topological polar surface area (TPSA) is 85.2 Å². The van der Waals surface area contributed by atoms with E-state index in [4.69, 9.17) is 0 Å². The number of piperidine rings is 1. The maximum absolute atomic E-state index is 12.9. The molecular formula is C17H26N4O3S. The van der Waals surface area contributed by atoms with Gasteiger partial charge in [-0.1, -0.05) is 0 Å². The fraction of sp³-hybridized carbons (Fsp3) is 0.824. The number of likely N-dealkylation sites (tertiary alicyclic amines) is 1. The molecule has 8 heteroatoms. The van der Waals surface area contributed by atoms with E-state index in [9.17, 15) is 13.2 Å². The average Bonchev–Trinajstić information content (AvgIpc) is 3.52. The van der Waals surface area contributed by atoms with Crippen molar-refractivity contribution in [3.8, 4) is 0 Å². The van der Waals surface area contributed by atoms with Crippen LogP contribution in [0.4, 0.5) is 0 Å². The Labute approximate surface area is 148 Å². The Morgan fingerprint density at radius 2 is 1.76 bits per heavy atom. The zero-order valence-corrected chi connectivity index (χ0v) is 15.7. The number of rotatable bonds is 5. The standard InChI is InChI=1S/C17H26N4O3S/c1-17(2,25(23,24)14-5-6-14)16(22)20-9-7-12(8-10-20)15-19-18-11-21(15)13-3-4-13/h11-14H,3-10H2,1-2H3. The molecule has 2 heterocycles. The van der Waals surface area contributed by atoms with Crippen molar-refractivity contribution >= 4 is 15.7 Å². The molecule has 3 aliphatic rings. The second-order valence-corrected chi connectivity index (χ2v) is 10.9. The molecule has 7 nitrogen and oxygen atoms in total. The van der Waals surface area contributed by atoms with Gasteiger partial charge >= 0.3 is 0 Å². The van der Waals surface area contributed by atoms with E-state index in [1.807, 2.05) is 6.33 Å². The zero-order chi connectivity index (χ0) is 17.8. The molecule has 2 aliphatic carbocycles. The summed E-state index contributed by atoms with van der Waals surface area (Å²) in [7, 11) is -3.40. The van der Waals surface area contributed by atoms with Crippen LogP contribution in [-0.2, 0) is 14.6 Å². The highest BCUT2D eigenvalue weighted by atomic mass is 32.2. The second kappa shape index (κ2) is 5.79. The molecule has 0 N–H and O–H groups in total. The molecule has 3 fully saturated rings. The van der Waals surface area contributed by atoms with Gasteiger partial charge in [-0.05, 0) is 52.4 Å². The predicted molar refractivity (Wildman–Crippen MR) is 92.9 cm³/mol. The summed E-state index contributed by atoms with van der Waals surface area (Å²) >= 11 is 0. The number of hydrogen-bond donors (Lipinski definition) is 0. The van der Waals surface area contributed by atoms with E-state index < -0.39 is 14.6 Å². The summed E-state index contributed by atoms with van der Waals surface area (Å²) in [5.41, 5.74) is 0. The number of carbonyl (C=O) groups is 1. The molecule has 25 heavy (non-hydrogen) atoms. The quantitative estimate of drug-likeness (QED) is 0.791. The van der Waals surface area contributed by atoms with Gasteiger partial charge in [0.25, 0.3) is 0 Å². The molecule has 1 aromatic heterocycles. The average molecular weight is 366 g/mol. The van der Waals surface area contributed by atoms with E-state index in [1.54, 1.807) is 18.7 Å². The smallest absolute Gasteiger partial charge is 0.243 e. The van der Waals surface area contributed by atoms with E-state index in [2.05, 4.69) is 14.8 Å². The lowest BCUT2D eigenvalue weighted by molar-refractivity contribution is -0.134. The summed E-state index contributed by atoms with van der Waals surface area (Å²) in [6, 6.07) is 0.548. The summed E-state index contributed by atoms with van der Waals surface area (Å²) < 4.78 is 26.1. The first-order chi connectivity index (χ1) is 11.8. The van der Waals surface area contributed by atoms with Gasteiger partial charge in [-0.3, -0.25) is 4.79 Å². The van der Waals surface area contributed by atoms with Crippen molar-refractivity contribution in [2.45, 2.75) is 74.3 Å². The molecule has 1 aliphatic heterocycles. The second-order valence-electron chi connectivity index (χ2n) is 8.15. The largest absolute Gasteiger partial charge is 0.341 e. The minimum Gasteiger partial charge on any atom is -0.341 e. The summed E-state index contributed by atoms with van der Waals surface area (Å²) in [4.78, 5) is 14.6. The maximum atomic E-state index is 12.9. The third kappa shape index (κ3) is 2.88. The molecule has 2 saturated carbocycles. The predicted octanol–water partition coefficient (Wildman–Crippen LogP) is 1.67. The third-order valence-electron chi connectivity index (χ3n) is 5.88. The Hall–Kier alpha value is -1.44. The van der Waals surface area contributed by atoms with Gasteiger partial charge in [-0.15, -0.1) is 10.2 Å². The molecule has 0 aromatic carbocycles. The van der Waals surface area contributed by atoms with E-state index in [-0.39, 0.29) is 11.2 Å². The molecule has 0 atom stereocenters. The number of aromatic nitrogens is 3. The minimum absolute atomic E-state index is 0.249. The highest BCUT2D eigenvalue weighted by molar-refractivity contribution is 7.94. The molecule has 0 spiro atoms. The van der Waals surface area contributed by atoms with Crippen LogP contribution in [0.25, 0.3) is 0 Å². The van der Waals surface area contributed by atoms with Gasteiger partial charge in [0.1, 0.15) is 16.9 Å². The molecule has 0 bridgehead atoms. The number of nitrogens with zero attached hydrogens (tertiary/aromatic N) is 4.